The van der Waals surface area contributed by atoms with Gasteiger partial charge in [-0.25, -0.2) is 9.59 Å². The predicted molar refractivity (Wildman–Crippen MR) is 113 cm³/mol. The minimum atomic E-state index is -0.645. The molecule has 1 aromatic carbocycles. The van der Waals surface area contributed by atoms with Gasteiger partial charge in [-0.2, -0.15) is 0 Å². The van der Waals surface area contributed by atoms with Gasteiger partial charge in [0.15, 0.2) is 6.61 Å². The van der Waals surface area contributed by atoms with E-state index in [4.69, 9.17) is 4.74 Å². The van der Waals surface area contributed by atoms with Crippen molar-refractivity contribution in [2.75, 3.05) is 20.2 Å². The van der Waals surface area contributed by atoms with E-state index < -0.39 is 24.0 Å². The Bertz CT molecular complexity index is 754. The van der Waals surface area contributed by atoms with Crippen molar-refractivity contribution in [3.8, 4) is 0 Å². The number of benzene rings is 1. The van der Waals surface area contributed by atoms with Crippen LogP contribution in [0.4, 0.5) is 4.79 Å². The van der Waals surface area contributed by atoms with E-state index >= 15 is 0 Å². The third kappa shape index (κ3) is 9.90. The van der Waals surface area contributed by atoms with E-state index in [-0.39, 0.29) is 30.1 Å². The van der Waals surface area contributed by atoms with E-state index in [1.165, 1.54) is 11.9 Å². The van der Waals surface area contributed by atoms with E-state index in [1.54, 1.807) is 24.3 Å². The van der Waals surface area contributed by atoms with E-state index in [1.807, 2.05) is 34.6 Å². The second kappa shape index (κ2) is 11.2. The van der Waals surface area contributed by atoms with Crippen molar-refractivity contribution >= 4 is 23.8 Å². The topological polar surface area (TPSA) is 117 Å². The highest BCUT2D eigenvalue weighted by Crippen LogP contribution is 2.06. The maximum absolute atomic E-state index is 12.1. The van der Waals surface area contributed by atoms with Gasteiger partial charge in [0, 0.05) is 25.2 Å². The lowest BCUT2D eigenvalue weighted by molar-refractivity contribution is -0.137. The van der Waals surface area contributed by atoms with Gasteiger partial charge in [-0.3, -0.25) is 9.59 Å². The molecule has 0 heterocycles. The van der Waals surface area contributed by atoms with Crippen LogP contribution in [0.15, 0.2) is 24.3 Å². The molecule has 3 N–H and O–H groups in total. The largest absolute Gasteiger partial charge is 0.452 e. The molecular formula is C21H32N4O5. The zero-order chi connectivity index (χ0) is 22.9. The Morgan fingerprint density at radius 1 is 1.07 bits per heavy atom. The summed E-state index contributed by atoms with van der Waals surface area (Å²) in [5.41, 5.74) is 0.699. The molecule has 0 radical (unpaired) electrons. The quantitative estimate of drug-likeness (QED) is 0.550. The van der Waals surface area contributed by atoms with Crippen molar-refractivity contribution in [1.29, 1.82) is 0 Å². The van der Waals surface area contributed by atoms with Crippen LogP contribution in [0.5, 0.6) is 0 Å². The predicted octanol–water partition coefficient (Wildman–Crippen LogP) is 1.42. The Labute approximate surface area is 177 Å². The van der Waals surface area contributed by atoms with Gasteiger partial charge in [0.05, 0.1) is 12.1 Å². The van der Waals surface area contributed by atoms with Crippen molar-refractivity contribution in [3.63, 3.8) is 0 Å². The van der Waals surface area contributed by atoms with E-state index in [0.29, 0.717) is 6.54 Å². The van der Waals surface area contributed by atoms with Crippen molar-refractivity contribution in [1.82, 2.24) is 20.9 Å². The van der Waals surface area contributed by atoms with E-state index in [9.17, 15) is 19.2 Å². The van der Waals surface area contributed by atoms with Gasteiger partial charge in [-0.1, -0.05) is 12.1 Å². The lowest BCUT2D eigenvalue weighted by atomic mass is 10.1. The minimum Gasteiger partial charge on any atom is -0.452 e. The van der Waals surface area contributed by atoms with Crippen LogP contribution < -0.4 is 16.0 Å². The molecular weight excluding hydrogens is 388 g/mol. The summed E-state index contributed by atoms with van der Waals surface area (Å²) in [7, 11) is 1.47. The fraction of sp³-hybridized carbons (Fsp3) is 0.524. The summed E-state index contributed by atoms with van der Waals surface area (Å²) < 4.78 is 5.03. The summed E-state index contributed by atoms with van der Waals surface area (Å²) in [6.45, 7) is 8.99. The fourth-order valence-electron chi connectivity index (χ4n) is 2.34. The Hall–Kier alpha value is -3.10. The average molecular weight is 421 g/mol. The zero-order valence-electron chi connectivity index (χ0n) is 18.5. The summed E-state index contributed by atoms with van der Waals surface area (Å²) in [5, 5.41) is 8.19. The molecule has 0 aliphatic heterocycles. The highest BCUT2D eigenvalue weighted by Gasteiger charge is 2.19. The maximum Gasteiger partial charge on any atom is 0.338 e. The van der Waals surface area contributed by atoms with Crippen molar-refractivity contribution in [2.45, 2.75) is 52.7 Å². The number of rotatable bonds is 8. The van der Waals surface area contributed by atoms with Gasteiger partial charge < -0.3 is 25.6 Å². The lowest BCUT2D eigenvalue weighted by Gasteiger charge is -2.23. The third-order valence-electron chi connectivity index (χ3n) is 3.71. The first-order valence-corrected chi connectivity index (χ1v) is 9.73. The molecule has 4 amide bonds. The molecule has 0 aliphatic rings. The minimum absolute atomic E-state index is 0.0387. The first kappa shape index (κ1) is 24.9. The Balaban J connectivity index is 2.46. The van der Waals surface area contributed by atoms with Crippen LogP contribution in [0, 0.1) is 0 Å². The number of carbonyl (C=O) groups excluding carboxylic acids is 4. The van der Waals surface area contributed by atoms with Crippen molar-refractivity contribution in [2.24, 2.45) is 0 Å². The average Bonchev–Trinajstić information content (AvgIpc) is 2.62. The Morgan fingerprint density at radius 2 is 1.67 bits per heavy atom. The van der Waals surface area contributed by atoms with E-state index in [0.717, 1.165) is 5.56 Å². The smallest absolute Gasteiger partial charge is 0.338 e. The van der Waals surface area contributed by atoms with Crippen molar-refractivity contribution < 1.29 is 23.9 Å². The second-order valence-corrected chi connectivity index (χ2v) is 8.30. The number of carbonyl (C=O) groups is 4. The van der Waals surface area contributed by atoms with Crippen LogP contribution in [-0.4, -0.2) is 60.5 Å². The number of likely N-dealkylation sites (N-methyl/N-ethyl adjacent to an activating group) is 1. The number of amides is 4. The first-order chi connectivity index (χ1) is 13.9. The normalized spacial score (nSPS) is 10.9. The van der Waals surface area contributed by atoms with Gasteiger partial charge in [0.25, 0.3) is 5.91 Å². The molecule has 0 fully saturated rings. The molecule has 0 spiro atoms. The fourth-order valence-corrected chi connectivity index (χ4v) is 2.34. The SMILES string of the molecule is CC(C)NC(=O)NCc1ccc(C(=O)OCC(=O)N(C)CC(=O)NC(C)(C)C)cc1. The first-order valence-electron chi connectivity index (χ1n) is 9.73. The third-order valence-corrected chi connectivity index (χ3v) is 3.71. The number of ether oxygens (including phenoxy) is 1. The molecule has 0 unspecified atom stereocenters. The van der Waals surface area contributed by atoms with Gasteiger partial charge in [-0.05, 0) is 52.3 Å². The van der Waals surface area contributed by atoms with Crippen molar-refractivity contribution in [3.05, 3.63) is 35.4 Å². The van der Waals surface area contributed by atoms with Crippen LogP contribution in [0.25, 0.3) is 0 Å². The standard InChI is InChI=1S/C21H32N4O5/c1-14(2)23-20(29)22-11-15-7-9-16(10-8-15)19(28)30-13-18(27)25(6)12-17(26)24-21(3,4)5/h7-10,14H,11-13H2,1-6H3,(H,24,26)(H2,22,23,29). The molecule has 9 nitrogen and oxygen atoms in total. The molecule has 1 aromatic rings. The van der Waals surface area contributed by atoms with Crippen LogP contribution in [0.2, 0.25) is 0 Å². The number of nitrogens with one attached hydrogen (secondary N) is 3. The molecule has 0 aromatic heterocycles. The van der Waals surface area contributed by atoms with Crippen LogP contribution in [0.1, 0.15) is 50.5 Å². The summed E-state index contributed by atoms with van der Waals surface area (Å²) in [5.74, 6) is -1.42. The highest BCUT2D eigenvalue weighted by atomic mass is 16.5. The summed E-state index contributed by atoms with van der Waals surface area (Å²) in [6, 6.07) is 6.27. The molecule has 0 atom stereocenters. The van der Waals surface area contributed by atoms with E-state index in [2.05, 4.69) is 16.0 Å². The van der Waals surface area contributed by atoms with Crippen LogP contribution >= 0.6 is 0 Å². The number of hydrogen-bond donors (Lipinski definition) is 3. The maximum atomic E-state index is 12.1. The second-order valence-electron chi connectivity index (χ2n) is 8.30. The number of esters is 1. The Morgan fingerprint density at radius 3 is 2.20 bits per heavy atom. The molecule has 1 rings (SSSR count). The van der Waals surface area contributed by atoms with Gasteiger partial charge in [0.2, 0.25) is 5.91 Å². The molecule has 0 bridgehead atoms. The molecule has 0 saturated heterocycles. The number of nitrogens with zero attached hydrogens (tertiary/aromatic N) is 1. The molecule has 166 valence electrons. The van der Waals surface area contributed by atoms with Crippen LogP contribution in [-0.2, 0) is 20.9 Å². The van der Waals surface area contributed by atoms with Crippen LogP contribution in [0.3, 0.4) is 0 Å². The van der Waals surface area contributed by atoms with Gasteiger partial charge in [0.1, 0.15) is 0 Å². The monoisotopic (exact) mass is 420 g/mol. The molecule has 30 heavy (non-hydrogen) atoms. The molecule has 0 saturated carbocycles. The number of hydrogen-bond acceptors (Lipinski definition) is 5. The van der Waals surface area contributed by atoms with Gasteiger partial charge >= 0.3 is 12.0 Å². The lowest BCUT2D eigenvalue weighted by Crippen LogP contribution is -2.46. The van der Waals surface area contributed by atoms with Gasteiger partial charge in [-0.15, -0.1) is 0 Å². The Kier molecular flexibility index (Phi) is 9.29. The highest BCUT2D eigenvalue weighted by molar-refractivity contribution is 5.92. The zero-order valence-corrected chi connectivity index (χ0v) is 18.5. The summed E-state index contributed by atoms with van der Waals surface area (Å²) in [6.07, 6.45) is 0. The summed E-state index contributed by atoms with van der Waals surface area (Å²) in [4.78, 5) is 48.9. The summed E-state index contributed by atoms with van der Waals surface area (Å²) >= 11 is 0. The molecule has 9 heteroatoms. The number of urea groups is 1. The molecule has 0 aliphatic carbocycles.